The number of carbonyl (C=O) groups excluding carboxylic acids is 1. The van der Waals surface area contributed by atoms with Crippen LogP contribution in [-0.2, 0) is 9.53 Å². The zero-order valence-electron chi connectivity index (χ0n) is 13.9. The number of terminal acetylenes is 1. The molecule has 0 aliphatic heterocycles. The maximum atomic E-state index is 12.9. The van der Waals surface area contributed by atoms with Crippen LogP contribution in [0.5, 0.6) is 0 Å². The van der Waals surface area contributed by atoms with Crippen LogP contribution >= 0.6 is 0 Å². The molecule has 5 aliphatic rings. The van der Waals surface area contributed by atoms with Crippen LogP contribution in [0.2, 0.25) is 0 Å². The van der Waals surface area contributed by atoms with Gasteiger partial charge >= 0.3 is 0 Å². The summed E-state index contributed by atoms with van der Waals surface area (Å²) in [4.78, 5) is 12.9. The molecule has 0 amide bonds. The summed E-state index contributed by atoms with van der Waals surface area (Å²) in [5, 5.41) is 11.1. The Labute approximate surface area is 138 Å². The Morgan fingerprint density at radius 2 is 2.26 bits per heavy atom. The van der Waals surface area contributed by atoms with Gasteiger partial charge in [-0.05, 0) is 48.5 Å². The molecule has 2 bridgehead atoms. The molecule has 0 spiro atoms. The van der Waals surface area contributed by atoms with Crippen molar-refractivity contribution in [3.63, 3.8) is 0 Å². The van der Waals surface area contributed by atoms with Gasteiger partial charge in [-0.1, -0.05) is 32.8 Å². The lowest BCUT2D eigenvalue weighted by molar-refractivity contribution is -0.203. The van der Waals surface area contributed by atoms with E-state index in [4.69, 9.17) is 11.2 Å². The van der Waals surface area contributed by atoms with Gasteiger partial charge in [0.1, 0.15) is 18.5 Å². The number of fused-ring (bicyclic) bond motifs is 1. The van der Waals surface area contributed by atoms with Crippen molar-refractivity contribution in [2.24, 2.45) is 35.0 Å². The molecule has 0 aromatic carbocycles. The topological polar surface area (TPSA) is 46.5 Å². The first-order valence-corrected chi connectivity index (χ1v) is 8.96. The molecule has 5 saturated carbocycles. The Morgan fingerprint density at radius 1 is 1.48 bits per heavy atom. The molecule has 0 radical (unpaired) electrons. The zero-order chi connectivity index (χ0) is 16.4. The van der Waals surface area contributed by atoms with Crippen LogP contribution < -0.4 is 0 Å². The Morgan fingerprint density at radius 3 is 2.96 bits per heavy atom. The molecule has 0 aromatic rings. The zero-order valence-corrected chi connectivity index (χ0v) is 13.9. The number of Topliss-reactive ketones (excluding diaryl/α,β-unsaturated/α-hetero) is 1. The normalized spacial score (nSPS) is 51.1. The highest BCUT2D eigenvalue weighted by Crippen LogP contribution is 2.68. The van der Waals surface area contributed by atoms with Crippen LogP contribution in [0.4, 0.5) is 0 Å². The summed E-state index contributed by atoms with van der Waals surface area (Å²) < 4.78 is 5.49. The van der Waals surface area contributed by atoms with Gasteiger partial charge in [0.15, 0.2) is 0 Å². The summed E-state index contributed by atoms with van der Waals surface area (Å²) in [6.45, 7) is 6.87. The summed E-state index contributed by atoms with van der Waals surface area (Å²) in [6.07, 6.45) is 13.4. The monoisotopic (exact) mass is 314 g/mol. The molecule has 5 fully saturated rings. The molecule has 3 heteroatoms. The summed E-state index contributed by atoms with van der Waals surface area (Å²) >= 11 is 0. The second-order valence-corrected chi connectivity index (χ2v) is 8.46. The van der Waals surface area contributed by atoms with Crippen molar-refractivity contribution in [3.8, 4) is 12.5 Å². The average Bonchev–Trinajstić information content (AvgIpc) is 2.54. The number of ether oxygens (including phenoxy) is 1. The summed E-state index contributed by atoms with van der Waals surface area (Å²) in [7, 11) is 0. The van der Waals surface area contributed by atoms with Crippen LogP contribution in [-0.4, -0.2) is 23.1 Å². The van der Waals surface area contributed by atoms with Crippen LogP contribution in [0.15, 0.2) is 12.2 Å². The van der Waals surface area contributed by atoms with Crippen molar-refractivity contribution in [2.45, 2.75) is 51.0 Å². The third-order valence-corrected chi connectivity index (χ3v) is 7.72. The van der Waals surface area contributed by atoms with Crippen LogP contribution in [0.3, 0.4) is 0 Å². The van der Waals surface area contributed by atoms with Gasteiger partial charge in [-0.2, -0.15) is 0 Å². The summed E-state index contributed by atoms with van der Waals surface area (Å²) in [5.41, 5.74) is -0.113. The minimum atomic E-state index is -0.959. The molecule has 0 saturated heterocycles. The molecule has 4 unspecified atom stereocenters. The molecular weight excluding hydrogens is 288 g/mol. The average molecular weight is 314 g/mol. The Balaban J connectivity index is 1.77. The van der Waals surface area contributed by atoms with Gasteiger partial charge in [-0.3, -0.25) is 4.79 Å². The standard InChI is InChI=1S/C20H26O3/c1-4-23-11-19-7-5-6-12(2)15(19)9-17(21)18-16(19)8-14-10-20(18,22)13(14)3/h1,12,14-16,18,22H,3,5-11H2,2H3/t12?,14-,15?,16?,18?,19+,20-/m1/s1. The van der Waals surface area contributed by atoms with E-state index in [1.165, 1.54) is 6.42 Å². The van der Waals surface area contributed by atoms with E-state index in [0.717, 1.165) is 24.8 Å². The van der Waals surface area contributed by atoms with E-state index in [1.807, 2.05) is 0 Å². The van der Waals surface area contributed by atoms with Crippen molar-refractivity contribution in [1.29, 1.82) is 0 Å². The number of carbonyl (C=O) groups is 1. The predicted molar refractivity (Wildman–Crippen MR) is 87.1 cm³/mol. The SMILES string of the molecule is C#COC[C@@]12CCCC(C)C1CC(=O)C1C2C[C@@H]2C[C@@]1(O)C2=C. The second-order valence-electron chi connectivity index (χ2n) is 8.46. The molecule has 124 valence electrons. The molecule has 23 heavy (non-hydrogen) atoms. The van der Waals surface area contributed by atoms with Crippen LogP contribution in [0, 0.1) is 47.5 Å². The highest BCUT2D eigenvalue weighted by Gasteiger charge is 2.69. The summed E-state index contributed by atoms with van der Waals surface area (Å²) in [6, 6.07) is 0. The lowest BCUT2D eigenvalue weighted by Crippen LogP contribution is -2.69. The van der Waals surface area contributed by atoms with Gasteiger partial charge in [-0.25, -0.2) is 0 Å². The van der Waals surface area contributed by atoms with Gasteiger partial charge in [0.25, 0.3) is 0 Å². The molecule has 5 rings (SSSR count). The third-order valence-electron chi connectivity index (χ3n) is 7.72. The smallest absolute Gasteiger partial charge is 0.139 e. The second kappa shape index (κ2) is 4.86. The summed E-state index contributed by atoms with van der Waals surface area (Å²) in [5.74, 6) is 1.38. The van der Waals surface area contributed by atoms with Crippen LogP contribution in [0.1, 0.15) is 45.4 Å². The molecule has 5 aliphatic carbocycles. The maximum absolute atomic E-state index is 12.9. The fourth-order valence-electron chi connectivity index (χ4n) is 6.61. The van der Waals surface area contributed by atoms with E-state index >= 15 is 0 Å². The van der Waals surface area contributed by atoms with E-state index in [0.29, 0.717) is 37.2 Å². The number of hydrogen-bond acceptors (Lipinski definition) is 3. The molecule has 0 heterocycles. The van der Waals surface area contributed by atoms with Crippen molar-refractivity contribution >= 4 is 5.78 Å². The fourth-order valence-corrected chi connectivity index (χ4v) is 6.61. The Hall–Kier alpha value is -1.27. The van der Waals surface area contributed by atoms with E-state index in [1.54, 1.807) is 0 Å². The minimum absolute atomic E-state index is 0.0457. The third kappa shape index (κ3) is 1.79. The first-order chi connectivity index (χ1) is 10.9. The molecular formula is C20H26O3. The highest BCUT2D eigenvalue weighted by molar-refractivity contribution is 5.85. The molecule has 0 aromatic heterocycles. The first-order valence-electron chi connectivity index (χ1n) is 8.96. The maximum Gasteiger partial charge on any atom is 0.139 e. The van der Waals surface area contributed by atoms with Gasteiger partial charge in [-0.15, -0.1) is 0 Å². The van der Waals surface area contributed by atoms with E-state index < -0.39 is 5.60 Å². The quantitative estimate of drug-likeness (QED) is 0.630. The molecule has 1 N–H and O–H groups in total. The lowest BCUT2D eigenvalue weighted by Gasteiger charge is -2.66. The number of ketones is 1. The molecule has 3 nitrogen and oxygen atoms in total. The largest absolute Gasteiger partial charge is 0.446 e. The highest BCUT2D eigenvalue weighted by atomic mass is 16.5. The lowest BCUT2D eigenvalue weighted by atomic mass is 9.38. The Kier molecular flexibility index (Phi) is 3.23. The van der Waals surface area contributed by atoms with E-state index in [-0.39, 0.29) is 23.0 Å². The van der Waals surface area contributed by atoms with E-state index in [2.05, 4.69) is 19.6 Å². The van der Waals surface area contributed by atoms with Crippen molar-refractivity contribution in [3.05, 3.63) is 12.2 Å². The van der Waals surface area contributed by atoms with Crippen molar-refractivity contribution in [1.82, 2.24) is 0 Å². The van der Waals surface area contributed by atoms with Gasteiger partial charge in [0.05, 0.1) is 11.5 Å². The van der Waals surface area contributed by atoms with Crippen LogP contribution in [0.25, 0.3) is 0 Å². The number of hydrogen-bond donors (Lipinski definition) is 1. The van der Waals surface area contributed by atoms with Gasteiger partial charge < -0.3 is 9.84 Å². The fraction of sp³-hybridized carbons (Fsp3) is 0.750. The van der Waals surface area contributed by atoms with Gasteiger partial charge in [0, 0.05) is 11.8 Å². The number of rotatable bonds is 2. The number of aliphatic hydroxyl groups is 1. The predicted octanol–water partition coefficient (Wildman–Crippen LogP) is 2.93. The Bertz CT molecular complexity index is 602. The van der Waals surface area contributed by atoms with E-state index in [9.17, 15) is 9.90 Å². The first kappa shape index (κ1) is 15.3. The molecule has 7 atom stereocenters. The van der Waals surface area contributed by atoms with Crippen molar-refractivity contribution < 1.29 is 14.6 Å². The minimum Gasteiger partial charge on any atom is -0.446 e. The van der Waals surface area contributed by atoms with Crippen molar-refractivity contribution in [2.75, 3.05) is 6.61 Å². The van der Waals surface area contributed by atoms with Gasteiger partial charge in [0.2, 0.25) is 0 Å².